The van der Waals surface area contributed by atoms with Crippen molar-refractivity contribution < 1.29 is 4.39 Å². The van der Waals surface area contributed by atoms with Gasteiger partial charge in [0.05, 0.1) is 5.39 Å². The largest absolute Gasteiger partial charge is 0.343 e. The van der Waals surface area contributed by atoms with Crippen LogP contribution >= 0.6 is 11.6 Å². The van der Waals surface area contributed by atoms with Crippen molar-refractivity contribution in [3.63, 3.8) is 0 Å². The Morgan fingerprint density at radius 1 is 1.17 bits per heavy atom. The summed E-state index contributed by atoms with van der Waals surface area (Å²) in [6, 6.07) is 7.89. The van der Waals surface area contributed by atoms with Gasteiger partial charge in [-0.2, -0.15) is 0 Å². The van der Waals surface area contributed by atoms with Crippen LogP contribution in [0.4, 0.5) is 4.39 Å². The lowest BCUT2D eigenvalue weighted by molar-refractivity contribution is 0.460. The van der Waals surface area contributed by atoms with Crippen LogP contribution in [0, 0.1) is 5.82 Å². The van der Waals surface area contributed by atoms with Gasteiger partial charge in [0.25, 0.3) is 0 Å². The van der Waals surface area contributed by atoms with Crippen LogP contribution in [0.25, 0.3) is 22.2 Å². The molecule has 2 N–H and O–H groups in total. The minimum atomic E-state index is -0.290. The first-order chi connectivity index (χ1) is 11.2. The van der Waals surface area contributed by atoms with E-state index in [2.05, 4.69) is 21.4 Å². The van der Waals surface area contributed by atoms with E-state index in [0.29, 0.717) is 17.0 Å². The van der Waals surface area contributed by atoms with E-state index < -0.39 is 0 Å². The van der Waals surface area contributed by atoms with Gasteiger partial charge in [0, 0.05) is 17.4 Å². The number of rotatable bonds is 2. The van der Waals surface area contributed by atoms with E-state index in [0.717, 1.165) is 42.1 Å². The first kappa shape index (κ1) is 14.7. The first-order valence-corrected chi connectivity index (χ1v) is 8.24. The Kier molecular flexibility index (Phi) is 3.79. The summed E-state index contributed by atoms with van der Waals surface area (Å²) in [6.45, 7) is 2.06. The van der Waals surface area contributed by atoms with Crippen molar-refractivity contribution in [3.05, 3.63) is 53.1 Å². The molecule has 0 atom stereocenters. The topological polar surface area (TPSA) is 40.7 Å². The van der Waals surface area contributed by atoms with Crippen LogP contribution in [-0.2, 0) is 0 Å². The van der Waals surface area contributed by atoms with Gasteiger partial charge in [0.1, 0.15) is 5.65 Å². The van der Waals surface area contributed by atoms with Gasteiger partial charge in [-0.25, -0.2) is 9.37 Å². The highest BCUT2D eigenvalue weighted by molar-refractivity contribution is 6.31. The molecule has 1 fully saturated rings. The molecule has 0 saturated carbocycles. The van der Waals surface area contributed by atoms with Gasteiger partial charge >= 0.3 is 0 Å². The lowest BCUT2D eigenvalue weighted by Gasteiger charge is -2.24. The SMILES string of the molecule is Fc1c[nH]c2nccc(-c3ccc(C4CCNCC4)c(Cl)c3)c12. The van der Waals surface area contributed by atoms with Gasteiger partial charge in [-0.05, 0) is 60.7 Å². The number of hydrogen-bond acceptors (Lipinski definition) is 2. The minimum absolute atomic E-state index is 0.290. The number of benzene rings is 1. The quantitative estimate of drug-likeness (QED) is 0.727. The molecule has 1 saturated heterocycles. The molecular weight excluding hydrogens is 313 g/mol. The molecule has 0 unspecified atom stereocenters. The van der Waals surface area contributed by atoms with E-state index in [1.54, 1.807) is 6.20 Å². The molecule has 0 aliphatic carbocycles. The van der Waals surface area contributed by atoms with Gasteiger partial charge in [-0.1, -0.05) is 23.7 Å². The monoisotopic (exact) mass is 329 g/mol. The van der Waals surface area contributed by atoms with Crippen molar-refractivity contribution in [2.24, 2.45) is 0 Å². The second-order valence-electron chi connectivity index (χ2n) is 5.98. The summed E-state index contributed by atoms with van der Waals surface area (Å²) >= 11 is 6.54. The smallest absolute Gasteiger partial charge is 0.150 e. The number of halogens is 2. The Morgan fingerprint density at radius 2 is 2.00 bits per heavy atom. The molecule has 0 amide bonds. The van der Waals surface area contributed by atoms with Crippen molar-refractivity contribution in [2.75, 3.05) is 13.1 Å². The molecule has 118 valence electrons. The van der Waals surface area contributed by atoms with Crippen LogP contribution in [0.3, 0.4) is 0 Å². The number of fused-ring (bicyclic) bond motifs is 1. The van der Waals surface area contributed by atoms with Crippen LogP contribution < -0.4 is 5.32 Å². The zero-order valence-electron chi connectivity index (χ0n) is 12.6. The Labute approximate surface area is 138 Å². The lowest BCUT2D eigenvalue weighted by Crippen LogP contribution is -2.26. The predicted molar refractivity (Wildman–Crippen MR) is 91.3 cm³/mol. The molecule has 3 heterocycles. The minimum Gasteiger partial charge on any atom is -0.343 e. The summed E-state index contributed by atoms with van der Waals surface area (Å²) in [7, 11) is 0. The van der Waals surface area contributed by atoms with E-state index in [1.165, 1.54) is 11.8 Å². The fraction of sp³-hybridized carbons (Fsp3) is 0.278. The van der Waals surface area contributed by atoms with Crippen LogP contribution in [0.2, 0.25) is 5.02 Å². The molecule has 4 rings (SSSR count). The van der Waals surface area contributed by atoms with Crippen LogP contribution in [0.5, 0.6) is 0 Å². The van der Waals surface area contributed by atoms with Crippen LogP contribution in [-0.4, -0.2) is 23.1 Å². The number of H-pyrrole nitrogens is 1. The van der Waals surface area contributed by atoms with E-state index in [9.17, 15) is 4.39 Å². The van der Waals surface area contributed by atoms with E-state index >= 15 is 0 Å². The van der Waals surface area contributed by atoms with E-state index in [1.807, 2.05) is 18.2 Å². The summed E-state index contributed by atoms with van der Waals surface area (Å²) in [6.07, 6.45) is 5.23. The summed E-state index contributed by atoms with van der Waals surface area (Å²) in [5.74, 6) is 0.209. The number of pyridine rings is 1. The molecule has 23 heavy (non-hydrogen) atoms. The van der Waals surface area contributed by atoms with E-state index in [-0.39, 0.29) is 5.82 Å². The second kappa shape index (κ2) is 5.95. The van der Waals surface area contributed by atoms with Crippen molar-refractivity contribution in [1.29, 1.82) is 0 Å². The number of piperidine rings is 1. The molecule has 3 aromatic rings. The summed E-state index contributed by atoms with van der Waals surface area (Å²) < 4.78 is 14.1. The number of aromatic amines is 1. The Balaban J connectivity index is 1.77. The van der Waals surface area contributed by atoms with E-state index in [4.69, 9.17) is 11.6 Å². The fourth-order valence-electron chi connectivity index (χ4n) is 3.42. The molecule has 3 nitrogen and oxygen atoms in total. The average molecular weight is 330 g/mol. The fourth-order valence-corrected chi connectivity index (χ4v) is 3.75. The molecule has 0 spiro atoms. The molecule has 0 bridgehead atoms. The molecular formula is C18H17ClFN3. The molecule has 0 radical (unpaired) electrons. The highest BCUT2D eigenvalue weighted by Gasteiger charge is 2.19. The summed E-state index contributed by atoms with van der Waals surface area (Å²) in [5, 5.41) is 4.64. The van der Waals surface area contributed by atoms with Crippen LogP contribution in [0.1, 0.15) is 24.3 Å². The van der Waals surface area contributed by atoms with Crippen molar-refractivity contribution in [2.45, 2.75) is 18.8 Å². The van der Waals surface area contributed by atoms with Crippen molar-refractivity contribution in [3.8, 4) is 11.1 Å². The normalized spacial score (nSPS) is 16.1. The zero-order chi connectivity index (χ0) is 15.8. The lowest BCUT2D eigenvalue weighted by atomic mass is 9.89. The molecule has 1 aliphatic heterocycles. The third-order valence-electron chi connectivity index (χ3n) is 4.62. The highest BCUT2D eigenvalue weighted by Crippen LogP contribution is 2.36. The molecule has 2 aromatic heterocycles. The predicted octanol–water partition coefficient (Wildman–Crippen LogP) is 4.49. The maximum atomic E-state index is 14.1. The average Bonchev–Trinajstić information content (AvgIpc) is 2.97. The standard InChI is InChI=1S/C18H17ClFN3/c19-15-9-12(1-2-13(15)11-3-6-21-7-4-11)14-5-8-22-18-17(14)16(20)10-23-18/h1-2,5,8-11,21H,3-4,6-7H2,(H,22,23). The van der Waals surface area contributed by atoms with Gasteiger partial charge in [-0.3, -0.25) is 0 Å². The highest BCUT2D eigenvalue weighted by atomic mass is 35.5. The van der Waals surface area contributed by atoms with Crippen molar-refractivity contribution >= 4 is 22.6 Å². The summed E-state index contributed by atoms with van der Waals surface area (Å²) in [5.41, 5.74) is 3.47. The Hall–Kier alpha value is -1.91. The van der Waals surface area contributed by atoms with Gasteiger partial charge < -0.3 is 10.3 Å². The number of hydrogen-bond donors (Lipinski definition) is 2. The zero-order valence-corrected chi connectivity index (χ0v) is 13.3. The third kappa shape index (κ3) is 2.62. The number of nitrogens with zero attached hydrogens (tertiary/aromatic N) is 1. The molecule has 1 aliphatic rings. The molecule has 5 heteroatoms. The molecule has 1 aromatic carbocycles. The third-order valence-corrected chi connectivity index (χ3v) is 4.94. The van der Waals surface area contributed by atoms with Gasteiger partial charge in [0.15, 0.2) is 5.82 Å². The summed E-state index contributed by atoms with van der Waals surface area (Å²) in [4.78, 5) is 7.02. The first-order valence-electron chi connectivity index (χ1n) is 7.86. The van der Waals surface area contributed by atoms with Gasteiger partial charge in [0.2, 0.25) is 0 Å². The number of nitrogens with one attached hydrogen (secondary N) is 2. The van der Waals surface area contributed by atoms with Gasteiger partial charge in [-0.15, -0.1) is 0 Å². The second-order valence-corrected chi connectivity index (χ2v) is 6.39. The maximum Gasteiger partial charge on any atom is 0.150 e. The maximum absolute atomic E-state index is 14.1. The van der Waals surface area contributed by atoms with Crippen molar-refractivity contribution in [1.82, 2.24) is 15.3 Å². The Morgan fingerprint density at radius 3 is 2.78 bits per heavy atom. The van der Waals surface area contributed by atoms with Crippen LogP contribution in [0.15, 0.2) is 36.7 Å². The number of aromatic nitrogens is 2. The Bertz CT molecular complexity index is 853.